The van der Waals surface area contributed by atoms with E-state index in [-0.39, 0.29) is 19.3 Å². The first kappa shape index (κ1) is 29.0. The number of aliphatic hydroxyl groups is 1. The summed E-state index contributed by atoms with van der Waals surface area (Å²) in [5.41, 5.74) is 6.27. The highest BCUT2D eigenvalue weighted by atomic mass is 16.4. The van der Waals surface area contributed by atoms with Gasteiger partial charge >= 0.3 is 5.97 Å². The molecule has 14 nitrogen and oxygen atoms in total. The Balaban J connectivity index is 2.56. The molecule has 0 aromatic heterocycles. The van der Waals surface area contributed by atoms with Gasteiger partial charge in [-0.1, -0.05) is 30.3 Å². The number of aliphatic hydroxyl groups excluding tert-OH is 1. The molecule has 0 aliphatic heterocycles. The molecular weight excluding hydrogens is 464 g/mol. The number of hydrogen-bond acceptors (Lipinski definition) is 8. The molecule has 1 aromatic carbocycles. The van der Waals surface area contributed by atoms with Crippen molar-refractivity contribution in [2.75, 3.05) is 26.4 Å². The smallest absolute Gasteiger partial charge is 0.303 e. The average molecular weight is 495 g/mol. The summed E-state index contributed by atoms with van der Waals surface area (Å²) in [5.74, 6) is -4.49. The van der Waals surface area contributed by atoms with Gasteiger partial charge in [0.15, 0.2) is 0 Å². The van der Waals surface area contributed by atoms with Crippen molar-refractivity contribution < 1.29 is 39.0 Å². The Hall–Kier alpha value is -4.04. The van der Waals surface area contributed by atoms with Crippen molar-refractivity contribution in [2.45, 2.75) is 31.3 Å². The molecule has 1 rings (SSSR count). The Kier molecular flexibility index (Phi) is 13.0. The molecule has 0 radical (unpaired) electrons. The maximum absolute atomic E-state index is 12.5. The third kappa shape index (κ3) is 12.7. The molecule has 0 bridgehead atoms. The standard InChI is InChI=1S/C21H30N6O8/c22-14(6-7-19(32)33)20(34)24-9-16(29)23-11-18(31)27-15(8-13-4-2-1-3-5-13)21(35)25-10-17(30)26-12-28/h1-5,14-15,28H,6-12,22H2,(H,23,29)(H,24,34)(H,25,35)(H,26,30)(H,27,31)(H,32,33)/t14-,15-/m0/s1. The van der Waals surface area contributed by atoms with Gasteiger partial charge in [-0.3, -0.25) is 28.8 Å². The lowest BCUT2D eigenvalue weighted by molar-refractivity contribution is -0.137. The second kappa shape index (κ2) is 15.7. The van der Waals surface area contributed by atoms with Crippen LogP contribution in [-0.4, -0.2) is 84.2 Å². The Morgan fingerprint density at radius 3 is 1.97 bits per heavy atom. The zero-order valence-corrected chi connectivity index (χ0v) is 18.9. The summed E-state index contributed by atoms with van der Waals surface area (Å²) < 4.78 is 0. The highest BCUT2D eigenvalue weighted by Crippen LogP contribution is 2.03. The van der Waals surface area contributed by atoms with Crippen LogP contribution in [-0.2, 0) is 35.2 Å². The van der Waals surface area contributed by atoms with Crippen molar-refractivity contribution in [3.8, 4) is 0 Å². The van der Waals surface area contributed by atoms with Gasteiger partial charge in [0.25, 0.3) is 0 Å². The van der Waals surface area contributed by atoms with E-state index in [1.807, 2.05) is 0 Å². The van der Waals surface area contributed by atoms with Gasteiger partial charge in [0, 0.05) is 12.8 Å². The van der Waals surface area contributed by atoms with E-state index in [0.717, 1.165) is 5.56 Å². The molecule has 35 heavy (non-hydrogen) atoms. The molecule has 0 aliphatic rings. The SMILES string of the molecule is N[C@@H](CCC(=O)O)C(=O)NCC(=O)NCC(=O)N[C@@H](Cc1ccccc1)C(=O)NCC(=O)NCO. The van der Waals surface area contributed by atoms with Gasteiger partial charge in [-0.2, -0.15) is 0 Å². The van der Waals surface area contributed by atoms with Gasteiger partial charge in [-0.25, -0.2) is 0 Å². The lowest BCUT2D eigenvalue weighted by Crippen LogP contribution is -2.52. The van der Waals surface area contributed by atoms with Crippen LogP contribution < -0.4 is 32.3 Å². The Bertz CT molecular complexity index is 895. The number of nitrogens with two attached hydrogens (primary N) is 1. The number of carboxylic acid groups (broad SMARTS) is 1. The minimum Gasteiger partial charge on any atom is -0.481 e. The molecular formula is C21H30N6O8. The van der Waals surface area contributed by atoms with Crippen molar-refractivity contribution in [1.82, 2.24) is 26.6 Å². The number of amides is 5. The van der Waals surface area contributed by atoms with Gasteiger partial charge in [0.1, 0.15) is 12.8 Å². The van der Waals surface area contributed by atoms with Crippen LogP contribution in [0.1, 0.15) is 18.4 Å². The van der Waals surface area contributed by atoms with Crippen LogP contribution in [0.3, 0.4) is 0 Å². The van der Waals surface area contributed by atoms with Crippen molar-refractivity contribution in [3.63, 3.8) is 0 Å². The van der Waals surface area contributed by atoms with E-state index < -0.39 is 74.0 Å². The monoisotopic (exact) mass is 494 g/mol. The molecule has 1 aromatic rings. The van der Waals surface area contributed by atoms with E-state index >= 15 is 0 Å². The second-order valence-corrected chi connectivity index (χ2v) is 7.32. The molecule has 0 spiro atoms. The fourth-order valence-corrected chi connectivity index (χ4v) is 2.70. The quantitative estimate of drug-likeness (QED) is 0.112. The molecule has 0 fully saturated rings. The molecule has 0 unspecified atom stereocenters. The third-order valence-electron chi connectivity index (χ3n) is 4.51. The number of carbonyl (C=O) groups excluding carboxylic acids is 5. The molecule has 5 amide bonds. The van der Waals surface area contributed by atoms with Crippen LogP contribution in [0.5, 0.6) is 0 Å². The summed E-state index contributed by atoms with van der Waals surface area (Å²) in [6, 6.07) is 6.62. The van der Waals surface area contributed by atoms with E-state index in [2.05, 4.69) is 26.6 Å². The number of carboxylic acids is 1. The third-order valence-corrected chi connectivity index (χ3v) is 4.51. The normalized spacial score (nSPS) is 11.9. The molecule has 0 saturated carbocycles. The van der Waals surface area contributed by atoms with E-state index in [4.69, 9.17) is 15.9 Å². The summed E-state index contributed by atoms with van der Waals surface area (Å²) in [7, 11) is 0. The number of aliphatic carboxylic acids is 1. The zero-order valence-electron chi connectivity index (χ0n) is 18.9. The molecule has 0 heterocycles. The molecule has 192 valence electrons. The molecule has 0 saturated heterocycles. The largest absolute Gasteiger partial charge is 0.481 e. The van der Waals surface area contributed by atoms with Crippen LogP contribution in [0.2, 0.25) is 0 Å². The van der Waals surface area contributed by atoms with Gasteiger partial charge in [-0.05, 0) is 12.0 Å². The van der Waals surface area contributed by atoms with Gasteiger partial charge in [0.05, 0.1) is 25.7 Å². The maximum atomic E-state index is 12.5. The fraction of sp³-hybridized carbons (Fsp3) is 0.429. The predicted octanol–water partition coefficient (Wildman–Crippen LogP) is -3.68. The lowest BCUT2D eigenvalue weighted by atomic mass is 10.1. The second-order valence-electron chi connectivity index (χ2n) is 7.32. The lowest BCUT2D eigenvalue weighted by Gasteiger charge is -2.19. The highest BCUT2D eigenvalue weighted by Gasteiger charge is 2.22. The van der Waals surface area contributed by atoms with Crippen molar-refractivity contribution in [1.29, 1.82) is 0 Å². The van der Waals surface area contributed by atoms with Gasteiger partial charge in [-0.15, -0.1) is 0 Å². The summed E-state index contributed by atoms with van der Waals surface area (Å²) in [6.07, 6.45) is -0.291. The van der Waals surface area contributed by atoms with Crippen molar-refractivity contribution >= 4 is 35.5 Å². The minimum atomic E-state index is -1.11. The van der Waals surface area contributed by atoms with E-state index in [1.165, 1.54) is 0 Å². The Morgan fingerprint density at radius 1 is 0.800 bits per heavy atom. The van der Waals surface area contributed by atoms with Crippen LogP contribution in [0.15, 0.2) is 30.3 Å². The number of nitrogens with one attached hydrogen (secondary N) is 5. The first-order valence-corrected chi connectivity index (χ1v) is 10.6. The number of rotatable bonds is 15. The first-order chi connectivity index (χ1) is 16.6. The number of benzene rings is 1. The summed E-state index contributed by atoms with van der Waals surface area (Å²) in [6.45, 7) is -1.98. The van der Waals surface area contributed by atoms with E-state index in [0.29, 0.717) is 0 Å². The van der Waals surface area contributed by atoms with E-state index in [1.54, 1.807) is 30.3 Å². The van der Waals surface area contributed by atoms with Crippen LogP contribution in [0.25, 0.3) is 0 Å². The van der Waals surface area contributed by atoms with E-state index in [9.17, 15) is 28.8 Å². The predicted molar refractivity (Wildman–Crippen MR) is 121 cm³/mol. The maximum Gasteiger partial charge on any atom is 0.303 e. The first-order valence-electron chi connectivity index (χ1n) is 10.6. The number of hydrogen-bond donors (Lipinski definition) is 8. The topological polar surface area (TPSA) is 229 Å². The van der Waals surface area contributed by atoms with Crippen LogP contribution in [0.4, 0.5) is 0 Å². The molecule has 14 heteroatoms. The summed E-state index contributed by atoms with van der Waals surface area (Å²) in [4.78, 5) is 70.5. The Labute approximate surface area is 201 Å². The number of carbonyl (C=O) groups is 6. The van der Waals surface area contributed by atoms with Crippen LogP contribution in [0, 0.1) is 0 Å². The summed E-state index contributed by atoms with van der Waals surface area (Å²) >= 11 is 0. The Morgan fingerprint density at radius 2 is 1.37 bits per heavy atom. The zero-order chi connectivity index (χ0) is 26.2. The van der Waals surface area contributed by atoms with Crippen LogP contribution >= 0.6 is 0 Å². The average Bonchev–Trinajstić information content (AvgIpc) is 2.83. The minimum absolute atomic E-state index is 0.0995. The molecule has 9 N–H and O–H groups in total. The van der Waals surface area contributed by atoms with Crippen molar-refractivity contribution in [3.05, 3.63) is 35.9 Å². The van der Waals surface area contributed by atoms with Crippen molar-refractivity contribution in [2.24, 2.45) is 5.73 Å². The highest BCUT2D eigenvalue weighted by molar-refractivity contribution is 5.93. The summed E-state index contributed by atoms with van der Waals surface area (Å²) in [5, 5.41) is 28.7. The molecule has 0 aliphatic carbocycles. The fourth-order valence-electron chi connectivity index (χ4n) is 2.70. The molecule has 2 atom stereocenters. The van der Waals surface area contributed by atoms with Gasteiger partial charge in [0.2, 0.25) is 29.5 Å². The van der Waals surface area contributed by atoms with Gasteiger partial charge < -0.3 is 42.5 Å².